The molecule has 112 valence electrons. The van der Waals surface area contributed by atoms with E-state index in [0.717, 1.165) is 29.0 Å². The van der Waals surface area contributed by atoms with Crippen molar-refractivity contribution in [2.24, 2.45) is 0 Å². The molecule has 6 heteroatoms. The van der Waals surface area contributed by atoms with Crippen LogP contribution in [0.1, 0.15) is 43.8 Å². The van der Waals surface area contributed by atoms with Crippen molar-refractivity contribution >= 4 is 21.8 Å². The highest BCUT2D eigenvalue weighted by molar-refractivity contribution is 7.84. The molecule has 2 rings (SSSR count). The van der Waals surface area contributed by atoms with Crippen LogP contribution in [0, 0.1) is 11.3 Å². The van der Waals surface area contributed by atoms with Gasteiger partial charge in [0.25, 0.3) is 0 Å². The molecule has 2 heterocycles. The maximum absolute atomic E-state index is 11.3. The van der Waals surface area contributed by atoms with Crippen molar-refractivity contribution in [1.82, 2.24) is 14.5 Å². The second-order valence-corrected chi connectivity index (χ2v) is 6.92. The Kier molecular flexibility index (Phi) is 4.73. The Morgan fingerprint density at radius 2 is 2.14 bits per heavy atom. The molecule has 5 nitrogen and oxygen atoms in total. The van der Waals surface area contributed by atoms with Crippen molar-refractivity contribution in [1.29, 1.82) is 5.26 Å². The van der Waals surface area contributed by atoms with Gasteiger partial charge < -0.3 is 4.57 Å². The smallest absolute Gasteiger partial charge is 0.145 e. The first kappa shape index (κ1) is 15.6. The number of nitrogens with zero attached hydrogens (tertiary/aromatic N) is 4. The molecule has 21 heavy (non-hydrogen) atoms. The number of aromatic nitrogens is 3. The summed E-state index contributed by atoms with van der Waals surface area (Å²) >= 11 is 0. The Bertz CT molecular complexity index is 727. The molecule has 0 bridgehead atoms. The van der Waals surface area contributed by atoms with Crippen LogP contribution in [0.4, 0.5) is 0 Å². The molecule has 0 saturated heterocycles. The van der Waals surface area contributed by atoms with Gasteiger partial charge in [-0.1, -0.05) is 20.8 Å². The molecular weight excluding hydrogens is 284 g/mol. The van der Waals surface area contributed by atoms with E-state index in [1.165, 1.54) is 0 Å². The molecule has 2 aromatic rings. The van der Waals surface area contributed by atoms with Crippen molar-refractivity contribution in [3.8, 4) is 6.07 Å². The van der Waals surface area contributed by atoms with Gasteiger partial charge in [0.2, 0.25) is 0 Å². The molecule has 1 atom stereocenters. The van der Waals surface area contributed by atoms with E-state index in [1.807, 2.05) is 11.5 Å². The van der Waals surface area contributed by atoms with E-state index in [1.54, 1.807) is 12.5 Å². The summed E-state index contributed by atoms with van der Waals surface area (Å²) in [4.78, 5) is 9.23. The molecule has 0 spiro atoms. The fourth-order valence-corrected chi connectivity index (χ4v) is 2.73. The van der Waals surface area contributed by atoms with Crippen LogP contribution in [0.3, 0.4) is 0 Å². The molecule has 2 aromatic heterocycles. The number of aryl methyl sites for hydroxylation is 2. The average Bonchev–Trinajstić information content (AvgIpc) is 2.82. The molecular formula is C15H20N4OS. The molecule has 0 aliphatic carbocycles. The van der Waals surface area contributed by atoms with Crippen LogP contribution in [0.25, 0.3) is 11.0 Å². The highest BCUT2D eigenvalue weighted by atomic mass is 32.2. The number of hydrogen-bond acceptors (Lipinski definition) is 4. The molecule has 0 radical (unpaired) electrons. The maximum atomic E-state index is 11.3. The van der Waals surface area contributed by atoms with Crippen LogP contribution in [0.15, 0.2) is 6.20 Å². The first-order valence-corrected chi connectivity index (χ1v) is 8.80. The zero-order valence-corrected chi connectivity index (χ0v) is 13.7. The van der Waals surface area contributed by atoms with Crippen LogP contribution in [-0.2, 0) is 23.8 Å². The van der Waals surface area contributed by atoms with E-state index in [9.17, 15) is 9.47 Å². The molecule has 0 fully saturated rings. The summed E-state index contributed by atoms with van der Waals surface area (Å²) in [5, 5.41) is 10.2. The van der Waals surface area contributed by atoms with Gasteiger partial charge in [0.15, 0.2) is 0 Å². The third-order valence-electron chi connectivity index (χ3n) is 3.40. The molecule has 0 N–H and O–H groups in total. The summed E-state index contributed by atoms with van der Waals surface area (Å²) in [5.41, 5.74) is 2.29. The third kappa shape index (κ3) is 3.13. The van der Waals surface area contributed by atoms with Gasteiger partial charge in [-0.05, 0) is 6.42 Å². The van der Waals surface area contributed by atoms with Gasteiger partial charge in [-0.15, -0.1) is 0 Å². The molecule has 0 aromatic carbocycles. The maximum Gasteiger partial charge on any atom is 0.145 e. The molecule has 1 unspecified atom stereocenters. The quantitative estimate of drug-likeness (QED) is 0.850. The standard InChI is InChI=1S/C15H20N4OS/c1-5-12-13-11(8-16)9-19(6-7-21(4)20)15(13)18-14(17-12)10(2)3/h9-10H,5-7H2,1-4H3. The van der Waals surface area contributed by atoms with Gasteiger partial charge in [-0.3, -0.25) is 4.21 Å². The summed E-state index contributed by atoms with van der Waals surface area (Å²) in [5.74, 6) is 1.58. The Morgan fingerprint density at radius 1 is 1.43 bits per heavy atom. The second-order valence-electron chi connectivity index (χ2n) is 5.36. The second kappa shape index (κ2) is 6.35. The predicted octanol–water partition coefficient (Wildman–Crippen LogP) is 2.37. The van der Waals surface area contributed by atoms with Gasteiger partial charge in [-0.25, -0.2) is 9.97 Å². The Hall–Kier alpha value is -1.74. The minimum absolute atomic E-state index is 0.230. The molecule has 0 aliphatic heterocycles. The van der Waals surface area contributed by atoms with Crippen molar-refractivity contribution in [2.45, 2.75) is 39.7 Å². The fraction of sp³-hybridized carbons (Fsp3) is 0.533. The zero-order valence-electron chi connectivity index (χ0n) is 12.9. The minimum Gasteiger partial charge on any atom is -0.330 e. The molecule has 0 saturated carbocycles. The molecule has 0 aliphatic rings. The van der Waals surface area contributed by atoms with E-state index in [-0.39, 0.29) is 5.92 Å². The summed E-state index contributed by atoms with van der Waals surface area (Å²) in [6, 6.07) is 2.22. The monoisotopic (exact) mass is 304 g/mol. The van der Waals surface area contributed by atoms with E-state index < -0.39 is 10.8 Å². The van der Waals surface area contributed by atoms with Crippen LogP contribution < -0.4 is 0 Å². The summed E-state index contributed by atoms with van der Waals surface area (Å²) in [7, 11) is -0.870. The summed E-state index contributed by atoms with van der Waals surface area (Å²) in [6.45, 7) is 6.74. The van der Waals surface area contributed by atoms with E-state index >= 15 is 0 Å². The number of rotatable bonds is 5. The normalized spacial score (nSPS) is 12.8. The van der Waals surface area contributed by atoms with Gasteiger partial charge in [0.1, 0.15) is 17.5 Å². The average molecular weight is 304 g/mol. The zero-order chi connectivity index (χ0) is 15.6. The lowest BCUT2D eigenvalue weighted by Gasteiger charge is -2.09. The van der Waals surface area contributed by atoms with Crippen LogP contribution in [0.2, 0.25) is 0 Å². The van der Waals surface area contributed by atoms with Crippen molar-refractivity contribution in [2.75, 3.05) is 12.0 Å². The third-order valence-corrected chi connectivity index (χ3v) is 4.16. The first-order chi connectivity index (χ1) is 9.97. The summed E-state index contributed by atoms with van der Waals surface area (Å²) < 4.78 is 13.3. The predicted molar refractivity (Wildman–Crippen MR) is 84.6 cm³/mol. The van der Waals surface area contributed by atoms with Crippen LogP contribution >= 0.6 is 0 Å². The Balaban J connectivity index is 2.67. The minimum atomic E-state index is -0.870. The lowest BCUT2D eigenvalue weighted by Crippen LogP contribution is -2.08. The van der Waals surface area contributed by atoms with E-state index in [4.69, 9.17) is 0 Å². The van der Waals surface area contributed by atoms with Gasteiger partial charge >= 0.3 is 0 Å². The Morgan fingerprint density at radius 3 is 2.67 bits per heavy atom. The highest BCUT2D eigenvalue weighted by Gasteiger charge is 2.17. The number of hydrogen-bond donors (Lipinski definition) is 0. The largest absolute Gasteiger partial charge is 0.330 e. The highest BCUT2D eigenvalue weighted by Crippen LogP contribution is 2.25. The van der Waals surface area contributed by atoms with Crippen molar-refractivity contribution < 1.29 is 4.21 Å². The van der Waals surface area contributed by atoms with E-state index in [0.29, 0.717) is 17.9 Å². The first-order valence-electron chi connectivity index (χ1n) is 7.07. The Labute approximate surface area is 127 Å². The fourth-order valence-electron chi connectivity index (χ4n) is 2.27. The molecule has 0 amide bonds. The number of fused-ring (bicyclic) bond motifs is 1. The van der Waals surface area contributed by atoms with Crippen LogP contribution in [0.5, 0.6) is 0 Å². The lowest BCUT2D eigenvalue weighted by molar-refractivity contribution is 0.678. The van der Waals surface area contributed by atoms with Gasteiger partial charge in [0, 0.05) is 41.5 Å². The topological polar surface area (TPSA) is 71.6 Å². The van der Waals surface area contributed by atoms with E-state index in [2.05, 4.69) is 29.9 Å². The SMILES string of the molecule is CCc1nc(C(C)C)nc2c1c(C#N)cn2CCS(C)=O. The van der Waals surface area contributed by atoms with Crippen molar-refractivity contribution in [3.05, 3.63) is 23.3 Å². The van der Waals surface area contributed by atoms with Crippen LogP contribution in [-0.4, -0.2) is 30.8 Å². The van der Waals surface area contributed by atoms with Gasteiger partial charge in [0.05, 0.1) is 16.6 Å². The summed E-state index contributed by atoms with van der Waals surface area (Å²) in [6.07, 6.45) is 4.25. The van der Waals surface area contributed by atoms with Gasteiger partial charge in [-0.2, -0.15) is 5.26 Å². The lowest BCUT2D eigenvalue weighted by atomic mass is 10.1. The van der Waals surface area contributed by atoms with Crippen molar-refractivity contribution in [3.63, 3.8) is 0 Å². The number of nitriles is 1.